The van der Waals surface area contributed by atoms with E-state index in [2.05, 4.69) is 15.2 Å². The van der Waals surface area contributed by atoms with Gasteiger partial charge in [0.2, 0.25) is 0 Å². The highest BCUT2D eigenvalue weighted by atomic mass is 35.5. The van der Waals surface area contributed by atoms with Gasteiger partial charge in [-0.25, -0.2) is 13.2 Å². The summed E-state index contributed by atoms with van der Waals surface area (Å²) in [6, 6.07) is 6.88. The first-order chi connectivity index (χ1) is 17.7. The molecule has 1 unspecified atom stereocenters. The Labute approximate surface area is 219 Å². The van der Waals surface area contributed by atoms with Gasteiger partial charge in [0.05, 0.1) is 29.4 Å². The van der Waals surface area contributed by atoms with Gasteiger partial charge < -0.3 is 25.2 Å². The van der Waals surface area contributed by atoms with Crippen LogP contribution in [0.3, 0.4) is 0 Å². The molecule has 0 aliphatic carbocycles. The standard InChI is InChI=1S/C27H31ClF3N3O3/c1-37-18-2-3-22-19(14-18)25(20(28)15-33-22)24(36)4-5-27(16-35)6-9-34(10-7-27)11-8-32-23-13-17(29)12-21(30)26(23)31/h2-3,12-15,24,32,35-36H,4-11,16H2,1H3. The van der Waals surface area contributed by atoms with E-state index in [-0.39, 0.29) is 17.7 Å². The fourth-order valence-corrected chi connectivity index (χ4v) is 5.27. The number of aromatic nitrogens is 1. The molecule has 1 saturated heterocycles. The normalized spacial score (nSPS) is 16.6. The number of anilines is 1. The third-order valence-electron chi connectivity index (χ3n) is 7.34. The Morgan fingerprint density at radius 2 is 1.95 bits per heavy atom. The highest BCUT2D eigenvalue weighted by Gasteiger charge is 2.34. The number of benzene rings is 2. The van der Waals surface area contributed by atoms with Crippen molar-refractivity contribution in [2.24, 2.45) is 5.41 Å². The second-order valence-corrected chi connectivity index (χ2v) is 10.0. The van der Waals surface area contributed by atoms with E-state index in [1.54, 1.807) is 13.2 Å². The van der Waals surface area contributed by atoms with Gasteiger partial charge in [0.15, 0.2) is 11.6 Å². The summed E-state index contributed by atoms with van der Waals surface area (Å²) in [6.45, 7) is 2.28. The van der Waals surface area contributed by atoms with Crippen molar-refractivity contribution in [3.63, 3.8) is 0 Å². The van der Waals surface area contributed by atoms with E-state index >= 15 is 0 Å². The molecule has 10 heteroatoms. The summed E-state index contributed by atoms with van der Waals surface area (Å²) in [5, 5.41) is 25.2. The molecule has 1 aliphatic heterocycles. The minimum absolute atomic E-state index is 0.00175. The van der Waals surface area contributed by atoms with E-state index < -0.39 is 23.6 Å². The molecule has 0 spiro atoms. The molecule has 0 bridgehead atoms. The quantitative estimate of drug-likeness (QED) is 0.304. The predicted molar refractivity (Wildman–Crippen MR) is 137 cm³/mol. The number of halogens is 4. The molecule has 200 valence electrons. The number of hydrogen-bond acceptors (Lipinski definition) is 6. The molecule has 37 heavy (non-hydrogen) atoms. The summed E-state index contributed by atoms with van der Waals surface area (Å²) < 4.78 is 45.9. The van der Waals surface area contributed by atoms with Crippen molar-refractivity contribution in [1.29, 1.82) is 0 Å². The lowest BCUT2D eigenvalue weighted by Crippen LogP contribution is -2.43. The zero-order chi connectivity index (χ0) is 26.6. The average Bonchev–Trinajstić information content (AvgIpc) is 2.90. The maximum Gasteiger partial charge on any atom is 0.182 e. The first-order valence-corrected chi connectivity index (χ1v) is 12.6. The number of nitrogens with zero attached hydrogens (tertiary/aromatic N) is 2. The Kier molecular flexibility index (Phi) is 8.79. The lowest BCUT2D eigenvalue weighted by molar-refractivity contribution is 0.0248. The van der Waals surface area contributed by atoms with Crippen molar-refractivity contribution in [2.45, 2.75) is 31.8 Å². The lowest BCUT2D eigenvalue weighted by Gasteiger charge is -2.41. The highest BCUT2D eigenvalue weighted by molar-refractivity contribution is 6.32. The minimum atomic E-state index is -1.23. The molecular weight excluding hydrogens is 507 g/mol. The summed E-state index contributed by atoms with van der Waals surface area (Å²) in [5.74, 6) is -2.52. The highest BCUT2D eigenvalue weighted by Crippen LogP contribution is 2.40. The lowest BCUT2D eigenvalue weighted by atomic mass is 9.74. The predicted octanol–water partition coefficient (Wildman–Crippen LogP) is 5.31. The minimum Gasteiger partial charge on any atom is -0.497 e. The van der Waals surface area contributed by atoms with Gasteiger partial charge in [-0.15, -0.1) is 0 Å². The Morgan fingerprint density at radius 3 is 2.65 bits per heavy atom. The SMILES string of the molecule is COc1ccc2ncc(Cl)c(C(O)CCC3(CO)CCN(CCNc4cc(F)cc(F)c4F)CC3)c2c1. The molecule has 2 heterocycles. The van der Waals surface area contributed by atoms with Crippen molar-refractivity contribution in [3.05, 3.63) is 64.6 Å². The number of aliphatic hydroxyl groups excluding tert-OH is 2. The molecule has 0 saturated carbocycles. The van der Waals surface area contributed by atoms with Crippen LogP contribution >= 0.6 is 11.6 Å². The van der Waals surface area contributed by atoms with Crippen molar-refractivity contribution < 1.29 is 28.1 Å². The number of fused-ring (bicyclic) bond motifs is 1. The van der Waals surface area contributed by atoms with E-state index in [0.29, 0.717) is 66.9 Å². The van der Waals surface area contributed by atoms with E-state index in [1.807, 2.05) is 12.1 Å². The molecule has 1 atom stereocenters. The Morgan fingerprint density at radius 1 is 1.19 bits per heavy atom. The van der Waals surface area contributed by atoms with Gasteiger partial charge in [-0.05, 0) is 62.4 Å². The summed E-state index contributed by atoms with van der Waals surface area (Å²) in [7, 11) is 1.57. The van der Waals surface area contributed by atoms with Gasteiger partial charge in [0, 0.05) is 49.0 Å². The van der Waals surface area contributed by atoms with Gasteiger partial charge in [0.1, 0.15) is 11.6 Å². The zero-order valence-electron chi connectivity index (χ0n) is 20.6. The number of rotatable bonds is 10. The number of likely N-dealkylation sites (tertiary alicyclic amines) is 1. The monoisotopic (exact) mass is 537 g/mol. The molecule has 6 nitrogen and oxygen atoms in total. The number of methoxy groups -OCH3 is 1. The van der Waals surface area contributed by atoms with Crippen LogP contribution in [0.25, 0.3) is 10.9 Å². The number of nitrogens with one attached hydrogen (secondary N) is 1. The third-order valence-corrected chi connectivity index (χ3v) is 7.64. The Hall–Kier alpha value is -2.59. The van der Waals surface area contributed by atoms with Crippen LogP contribution in [0, 0.1) is 22.9 Å². The number of aliphatic hydroxyl groups is 2. The zero-order valence-corrected chi connectivity index (χ0v) is 21.4. The van der Waals surface area contributed by atoms with Gasteiger partial charge in [-0.3, -0.25) is 4.98 Å². The second-order valence-electron chi connectivity index (χ2n) is 9.63. The first-order valence-electron chi connectivity index (χ1n) is 12.3. The number of ether oxygens (including phenoxy) is 1. The van der Waals surface area contributed by atoms with E-state index in [1.165, 1.54) is 6.20 Å². The van der Waals surface area contributed by atoms with Gasteiger partial charge in [0.25, 0.3) is 0 Å². The summed E-state index contributed by atoms with van der Waals surface area (Å²) in [4.78, 5) is 6.49. The van der Waals surface area contributed by atoms with Crippen molar-refractivity contribution in [1.82, 2.24) is 9.88 Å². The van der Waals surface area contributed by atoms with E-state index in [9.17, 15) is 23.4 Å². The van der Waals surface area contributed by atoms with Crippen LogP contribution in [0.4, 0.5) is 18.9 Å². The smallest absolute Gasteiger partial charge is 0.182 e. The fourth-order valence-electron chi connectivity index (χ4n) is 4.99. The Balaban J connectivity index is 1.33. The molecule has 3 aromatic rings. The molecule has 2 aromatic carbocycles. The van der Waals surface area contributed by atoms with Crippen LogP contribution in [-0.4, -0.2) is 60.0 Å². The maximum absolute atomic E-state index is 13.8. The average molecular weight is 538 g/mol. The largest absolute Gasteiger partial charge is 0.497 e. The molecule has 3 N–H and O–H groups in total. The third kappa shape index (κ3) is 6.29. The molecule has 1 fully saturated rings. The summed E-state index contributed by atoms with van der Waals surface area (Å²) in [5.41, 5.74) is 0.769. The summed E-state index contributed by atoms with van der Waals surface area (Å²) in [6.07, 6.45) is 3.16. The van der Waals surface area contributed by atoms with E-state index in [0.717, 1.165) is 24.3 Å². The van der Waals surface area contributed by atoms with Crippen LogP contribution in [-0.2, 0) is 0 Å². The van der Waals surface area contributed by atoms with Gasteiger partial charge in [-0.2, -0.15) is 0 Å². The Bertz CT molecular complexity index is 1240. The number of pyridine rings is 1. The molecule has 1 aromatic heterocycles. The van der Waals surface area contributed by atoms with Crippen LogP contribution < -0.4 is 10.1 Å². The summed E-state index contributed by atoms with van der Waals surface area (Å²) >= 11 is 6.43. The van der Waals surface area contributed by atoms with Crippen LogP contribution in [0.15, 0.2) is 36.5 Å². The molecule has 1 aliphatic rings. The van der Waals surface area contributed by atoms with Gasteiger partial charge >= 0.3 is 0 Å². The fraction of sp³-hybridized carbons (Fsp3) is 0.444. The molecular formula is C27H31ClF3N3O3. The molecule has 0 radical (unpaired) electrons. The molecule has 0 amide bonds. The first kappa shape index (κ1) is 27.4. The molecule has 4 rings (SSSR count). The number of hydrogen-bond donors (Lipinski definition) is 3. The van der Waals surface area contributed by atoms with E-state index in [4.69, 9.17) is 16.3 Å². The van der Waals surface area contributed by atoms with Crippen molar-refractivity contribution in [3.8, 4) is 5.75 Å². The number of piperidine rings is 1. The van der Waals surface area contributed by atoms with Crippen molar-refractivity contribution in [2.75, 3.05) is 45.2 Å². The van der Waals surface area contributed by atoms with Gasteiger partial charge in [-0.1, -0.05) is 11.6 Å². The van der Waals surface area contributed by atoms with Crippen LogP contribution in [0.2, 0.25) is 5.02 Å². The van der Waals surface area contributed by atoms with Crippen LogP contribution in [0.5, 0.6) is 5.75 Å². The second kappa shape index (κ2) is 11.9. The maximum atomic E-state index is 13.8. The topological polar surface area (TPSA) is 77.8 Å². The van der Waals surface area contributed by atoms with Crippen LogP contribution in [0.1, 0.15) is 37.4 Å². The van der Waals surface area contributed by atoms with Crippen molar-refractivity contribution >= 4 is 28.2 Å².